The van der Waals surface area contributed by atoms with Crippen LogP contribution >= 0.6 is 0 Å². The Balaban J connectivity index is 1.76. The Morgan fingerprint density at radius 2 is 2.26 bits per heavy atom. The summed E-state index contributed by atoms with van der Waals surface area (Å²) in [7, 11) is 0. The lowest BCUT2D eigenvalue weighted by Crippen LogP contribution is -2.22. The number of fused-ring (bicyclic) bond motifs is 1. The molecule has 0 aliphatic heterocycles. The van der Waals surface area contributed by atoms with Gasteiger partial charge in [-0.2, -0.15) is 5.10 Å². The Bertz CT molecular complexity index is 727. The molecule has 0 saturated carbocycles. The molecule has 19 heavy (non-hydrogen) atoms. The van der Waals surface area contributed by atoms with Crippen LogP contribution in [0.15, 0.2) is 41.1 Å². The highest BCUT2D eigenvalue weighted by Crippen LogP contribution is 2.20. The smallest absolute Gasteiger partial charge is 0.255 e. The predicted octanol–water partition coefficient (Wildman–Crippen LogP) is 2.39. The molecule has 5 nitrogen and oxygen atoms in total. The average molecular weight is 255 g/mol. The van der Waals surface area contributed by atoms with Crippen molar-refractivity contribution >= 4 is 16.9 Å². The van der Waals surface area contributed by atoms with Crippen molar-refractivity contribution < 1.29 is 9.21 Å². The van der Waals surface area contributed by atoms with Gasteiger partial charge >= 0.3 is 0 Å². The van der Waals surface area contributed by atoms with Crippen molar-refractivity contribution in [2.75, 3.05) is 0 Å². The zero-order valence-electron chi connectivity index (χ0n) is 10.4. The van der Waals surface area contributed by atoms with Gasteiger partial charge < -0.3 is 9.73 Å². The minimum absolute atomic E-state index is 0.142. The molecule has 1 amide bonds. The molecule has 2 aromatic heterocycles. The van der Waals surface area contributed by atoms with Crippen molar-refractivity contribution in [3.05, 3.63) is 53.5 Å². The molecule has 0 aliphatic rings. The first-order valence-corrected chi connectivity index (χ1v) is 5.99. The third-order valence-electron chi connectivity index (χ3n) is 3.08. The third-order valence-corrected chi connectivity index (χ3v) is 3.08. The van der Waals surface area contributed by atoms with E-state index in [9.17, 15) is 4.79 Å². The molecule has 5 heteroatoms. The Morgan fingerprint density at radius 1 is 1.42 bits per heavy atom. The second kappa shape index (κ2) is 4.61. The number of benzene rings is 1. The van der Waals surface area contributed by atoms with Gasteiger partial charge in [-0.3, -0.25) is 9.89 Å². The van der Waals surface area contributed by atoms with E-state index >= 15 is 0 Å². The van der Waals surface area contributed by atoms with Crippen LogP contribution < -0.4 is 5.32 Å². The van der Waals surface area contributed by atoms with Crippen molar-refractivity contribution in [2.24, 2.45) is 0 Å². The molecule has 0 unspecified atom stereocenters. The highest BCUT2D eigenvalue weighted by atomic mass is 16.3. The second-order valence-electron chi connectivity index (χ2n) is 4.35. The number of aromatic amines is 1. The molecule has 0 radical (unpaired) electrons. The summed E-state index contributed by atoms with van der Waals surface area (Å²) in [6.07, 6.45) is 3.20. The number of hydrogen-bond donors (Lipinski definition) is 2. The molecule has 0 atom stereocenters. The Hall–Kier alpha value is -2.56. The van der Waals surface area contributed by atoms with E-state index in [0.717, 1.165) is 22.2 Å². The first-order valence-electron chi connectivity index (χ1n) is 5.99. The number of amides is 1. The number of carbonyl (C=O) groups is 1. The second-order valence-corrected chi connectivity index (χ2v) is 4.35. The summed E-state index contributed by atoms with van der Waals surface area (Å²) in [4.78, 5) is 12.0. The van der Waals surface area contributed by atoms with Crippen LogP contribution in [0.5, 0.6) is 0 Å². The molecule has 0 aliphatic carbocycles. The Kier molecular flexibility index (Phi) is 2.79. The fourth-order valence-corrected chi connectivity index (χ4v) is 2.02. The maximum Gasteiger partial charge on any atom is 0.255 e. The molecule has 1 aromatic carbocycles. The summed E-state index contributed by atoms with van der Waals surface area (Å²) < 4.78 is 5.43. The number of aryl methyl sites for hydroxylation is 1. The fraction of sp³-hybridized carbons (Fsp3) is 0.143. The van der Waals surface area contributed by atoms with Gasteiger partial charge in [-0.05, 0) is 13.0 Å². The summed E-state index contributed by atoms with van der Waals surface area (Å²) in [6.45, 7) is 2.25. The number of carbonyl (C=O) groups excluding carboxylic acids is 1. The van der Waals surface area contributed by atoms with E-state index in [1.165, 1.54) is 6.20 Å². The van der Waals surface area contributed by atoms with Gasteiger partial charge in [-0.25, -0.2) is 0 Å². The minimum atomic E-state index is -0.142. The number of aromatic nitrogens is 2. The highest BCUT2D eigenvalue weighted by molar-refractivity contribution is 5.95. The van der Waals surface area contributed by atoms with Gasteiger partial charge in [0.1, 0.15) is 5.58 Å². The predicted molar refractivity (Wildman–Crippen MR) is 70.7 cm³/mol. The van der Waals surface area contributed by atoms with E-state index in [2.05, 4.69) is 15.5 Å². The summed E-state index contributed by atoms with van der Waals surface area (Å²) >= 11 is 0. The maximum atomic E-state index is 12.0. The number of para-hydroxylation sites is 1. The molecule has 0 bridgehead atoms. The molecule has 96 valence electrons. The number of furan rings is 1. The Morgan fingerprint density at radius 3 is 3.05 bits per heavy atom. The first-order chi connectivity index (χ1) is 9.25. The lowest BCUT2D eigenvalue weighted by Gasteiger charge is -2.02. The minimum Gasteiger partial charge on any atom is -0.464 e. The molecule has 2 N–H and O–H groups in total. The van der Waals surface area contributed by atoms with Gasteiger partial charge in [0, 0.05) is 23.2 Å². The number of rotatable bonds is 3. The summed E-state index contributed by atoms with van der Waals surface area (Å²) in [6, 6.07) is 7.75. The van der Waals surface area contributed by atoms with Gasteiger partial charge in [0.25, 0.3) is 5.91 Å². The molecular weight excluding hydrogens is 242 g/mol. The molecule has 0 spiro atoms. The highest BCUT2D eigenvalue weighted by Gasteiger charge is 2.11. The van der Waals surface area contributed by atoms with Crippen molar-refractivity contribution in [3.63, 3.8) is 0 Å². The van der Waals surface area contributed by atoms with Crippen LogP contribution in [0.3, 0.4) is 0 Å². The molecule has 0 fully saturated rings. The van der Waals surface area contributed by atoms with E-state index in [1.807, 2.05) is 31.2 Å². The van der Waals surface area contributed by atoms with Crippen molar-refractivity contribution in [1.82, 2.24) is 15.5 Å². The van der Waals surface area contributed by atoms with Crippen LogP contribution in [0.1, 0.15) is 21.6 Å². The number of nitrogens with zero attached hydrogens (tertiary/aromatic N) is 1. The van der Waals surface area contributed by atoms with Crippen molar-refractivity contribution in [1.29, 1.82) is 0 Å². The molecule has 3 aromatic rings. The van der Waals surface area contributed by atoms with Crippen LogP contribution in [0.25, 0.3) is 11.0 Å². The topological polar surface area (TPSA) is 70.9 Å². The van der Waals surface area contributed by atoms with E-state index in [-0.39, 0.29) is 5.91 Å². The molecule has 3 rings (SSSR count). The van der Waals surface area contributed by atoms with Crippen LogP contribution in [-0.2, 0) is 6.54 Å². The average Bonchev–Trinajstić information content (AvgIpc) is 3.02. The molecule has 0 saturated heterocycles. The summed E-state index contributed by atoms with van der Waals surface area (Å²) in [5.74, 6) is -0.142. The van der Waals surface area contributed by atoms with E-state index < -0.39 is 0 Å². The SMILES string of the molecule is Cc1[nH]ncc1C(=O)NCc1coc2ccccc12. The number of hydrogen-bond acceptors (Lipinski definition) is 3. The Labute approximate surface area is 109 Å². The van der Waals surface area contributed by atoms with Gasteiger partial charge in [0.15, 0.2) is 0 Å². The van der Waals surface area contributed by atoms with Crippen molar-refractivity contribution in [3.8, 4) is 0 Å². The maximum absolute atomic E-state index is 12.0. The van der Waals surface area contributed by atoms with Crippen LogP contribution in [0.4, 0.5) is 0 Å². The lowest BCUT2D eigenvalue weighted by atomic mass is 10.1. The molecule has 2 heterocycles. The van der Waals surface area contributed by atoms with Crippen LogP contribution in [0, 0.1) is 6.92 Å². The standard InChI is InChI=1S/C14H13N3O2/c1-9-12(7-16-17-9)14(18)15-6-10-8-19-13-5-3-2-4-11(10)13/h2-5,7-8H,6H2,1H3,(H,15,18)(H,16,17). The zero-order chi connectivity index (χ0) is 13.2. The van der Waals surface area contributed by atoms with Gasteiger partial charge in [-0.1, -0.05) is 18.2 Å². The quantitative estimate of drug-likeness (QED) is 0.755. The third kappa shape index (κ3) is 2.10. The number of H-pyrrole nitrogens is 1. The van der Waals surface area contributed by atoms with E-state index in [0.29, 0.717) is 12.1 Å². The normalized spacial score (nSPS) is 10.8. The largest absolute Gasteiger partial charge is 0.464 e. The first kappa shape index (κ1) is 11.5. The van der Waals surface area contributed by atoms with Gasteiger partial charge in [0.2, 0.25) is 0 Å². The van der Waals surface area contributed by atoms with E-state index in [1.54, 1.807) is 6.26 Å². The monoisotopic (exact) mass is 255 g/mol. The summed E-state index contributed by atoms with van der Waals surface area (Å²) in [5.41, 5.74) is 3.11. The fourth-order valence-electron chi connectivity index (χ4n) is 2.02. The van der Waals surface area contributed by atoms with Crippen LogP contribution in [0.2, 0.25) is 0 Å². The number of nitrogens with one attached hydrogen (secondary N) is 2. The van der Waals surface area contributed by atoms with Gasteiger partial charge in [0.05, 0.1) is 18.0 Å². The van der Waals surface area contributed by atoms with E-state index in [4.69, 9.17) is 4.42 Å². The van der Waals surface area contributed by atoms with Gasteiger partial charge in [-0.15, -0.1) is 0 Å². The lowest BCUT2D eigenvalue weighted by molar-refractivity contribution is 0.0950. The van der Waals surface area contributed by atoms with Crippen LogP contribution in [-0.4, -0.2) is 16.1 Å². The van der Waals surface area contributed by atoms with Crippen molar-refractivity contribution in [2.45, 2.75) is 13.5 Å². The zero-order valence-corrected chi connectivity index (χ0v) is 10.4. The molecular formula is C14H13N3O2. The summed E-state index contributed by atoms with van der Waals surface area (Å²) in [5, 5.41) is 10.5.